The summed E-state index contributed by atoms with van der Waals surface area (Å²) < 4.78 is 69.5. The number of hydrogen-bond acceptors (Lipinski definition) is 7. The first-order chi connectivity index (χ1) is 18.8. The van der Waals surface area contributed by atoms with Crippen LogP contribution in [0.3, 0.4) is 0 Å². The van der Waals surface area contributed by atoms with E-state index in [-0.39, 0.29) is 28.6 Å². The summed E-state index contributed by atoms with van der Waals surface area (Å²) >= 11 is 0. The SMILES string of the molecule is COc1ccc(S(C)(=O)=O)cc1NCC#Cc1cc(C(=O)NC2CCN(C)CC2)c2cnn(CC(F)(F)F)c2c1. The second kappa shape index (κ2) is 11.8. The molecular weight excluding hydrogens is 547 g/mol. The van der Waals surface area contributed by atoms with Gasteiger partial charge in [-0.1, -0.05) is 11.8 Å². The first kappa shape index (κ1) is 29.2. The van der Waals surface area contributed by atoms with E-state index in [4.69, 9.17) is 4.74 Å². The van der Waals surface area contributed by atoms with Gasteiger partial charge in [0.25, 0.3) is 5.91 Å². The average Bonchev–Trinajstić information content (AvgIpc) is 3.27. The maximum Gasteiger partial charge on any atom is 0.408 e. The zero-order chi connectivity index (χ0) is 29.1. The van der Waals surface area contributed by atoms with E-state index in [1.54, 1.807) is 6.07 Å². The number of benzene rings is 2. The van der Waals surface area contributed by atoms with Gasteiger partial charge in [-0.05, 0) is 63.3 Å². The van der Waals surface area contributed by atoms with E-state index >= 15 is 0 Å². The number of halogens is 3. The quantitative estimate of drug-likeness (QED) is 0.415. The molecule has 4 rings (SSSR count). The van der Waals surface area contributed by atoms with Crippen LogP contribution in [0.4, 0.5) is 18.9 Å². The van der Waals surface area contributed by atoms with Gasteiger partial charge in [-0.25, -0.2) is 8.42 Å². The molecule has 214 valence electrons. The fourth-order valence-corrected chi connectivity index (χ4v) is 5.14. The van der Waals surface area contributed by atoms with Gasteiger partial charge in [0, 0.05) is 23.2 Å². The van der Waals surface area contributed by atoms with Crippen molar-refractivity contribution in [2.75, 3.05) is 45.4 Å². The van der Waals surface area contributed by atoms with Gasteiger partial charge in [0.1, 0.15) is 12.3 Å². The number of sulfone groups is 1. The first-order valence-electron chi connectivity index (χ1n) is 12.5. The number of nitrogens with one attached hydrogen (secondary N) is 2. The molecule has 2 heterocycles. The second-order valence-corrected chi connectivity index (χ2v) is 11.7. The number of anilines is 1. The fourth-order valence-electron chi connectivity index (χ4n) is 4.49. The predicted molar refractivity (Wildman–Crippen MR) is 145 cm³/mol. The van der Waals surface area contributed by atoms with Crippen molar-refractivity contribution >= 4 is 32.3 Å². The zero-order valence-corrected chi connectivity index (χ0v) is 23.1. The van der Waals surface area contributed by atoms with Crippen molar-refractivity contribution in [3.8, 4) is 17.6 Å². The molecule has 0 aliphatic carbocycles. The van der Waals surface area contributed by atoms with E-state index in [1.807, 2.05) is 7.05 Å². The Balaban J connectivity index is 1.62. The Labute approximate surface area is 230 Å². The number of fused-ring (bicyclic) bond motifs is 1. The Morgan fingerprint density at radius 1 is 1.20 bits per heavy atom. The van der Waals surface area contributed by atoms with E-state index < -0.39 is 28.5 Å². The molecular formula is C27H30F3N5O4S. The number of methoxy groups -OCH3 is 1. The number of hydrogen-bond donors (Lipinski definition) is 2. The summed E-state index contributed by atoms with van der Waals surface area (Å²) in [5, 5.41) is 10.2. The van der Waals surface area contributed by atoms with Crippen molar-refractivity contribution < 1.29 is 31.1 Å². The number of aromatic nitrogens is 2. The standard InChI is InChI=1S/C27H30F3N5O4S/c1-34-11-8-19(9-12-34)33-26(36)21-13-18(14-24-22(21)16-32-35(24)17-27(28,29)30)5-4-10-31-23-15-20(40(3,37)38)6-7-25(23)39-2/h6-7,13-16,19,31H,8-12,17H2,1-3H3,(H,33,36). The number of nitrogens with zero attached hydrogens (tertiary/aromatic N) is 3. The number of rotatable bonds is 7. The number of alkyl halides is 3. The Kier molecular flexibility index (Phi) is 8.60. The molecule has 0 bridgehead atoms. The Hall–Kier alpha value is -3.76. The van der Waals surface area contributed by atoms with Gasteiger partial charge in [0.05, 0.1) is 41.5 Å². The smallest absolute Gasteiger partial charge is 0.408 e. The fraction of sp³-hybridized carbons (Fsp3) is 0.407. The van der Waals surface area contributed by atoms with E-state index in [0.717, 1.165) is 36.9 Å². The molecule has 1 aliphatic rings. The molecule has 1 aliphatic heterocycles. The summed E-state index contributed by atoms with van der Waals surface area (Å²) in [6, 6.07) is 7.37. The van der Waals surface area contributed by atoms with E-state index in [2.05, 4.69) is 32.5 Å². The minimum absolute atomic E-state index is 0.0411. The van der Waals surface area contributed by atoms with Crippen LogP contribution in [0.5, 0.6) is 5.75 Å². The van der Waals surface area contributed by atoms with Crippen LogP contribution in [0.25, 0.3) is 10.9 Å². The largest absolute Gasteiger partial charge is 0.495 e. The van der Waals surface area contributed by atoms with E-state index in [0.29, 0.717) is 22.4 Å². The third-order valence-electron chi connectivity index (χ3n) is 6.59. The monoisotopic (exact) mass is 577 g/mol. The number of carbonyl (C=O) groups excluding carboxylic acids is 1. The van der Waals surface area contributed by atoms with E-state index in [1.165, 1.54) is 37.6 Å². The van der Waals surface area contributed by atoms with Crippen LogP contribution in [-0.2, 0) is 16.4 Å². The van der Waals surface area contributed by atoms with Crippen LogP contribution >= 0.6 is 0 Å². The number of ether oxygens (including phenoxy) is 1. The summed E-state index contributed by atoms with van der Waals surface area (Å²) in [6.07, 6.45) is -0.592. The molecule has 0 unspecified atom stereocenters. The van der Waals surface area contributed by atoms with Crippen LogP contribution < -0.4 is 15.4 Å². The van der Waals surface area contributed by atoms with Gasteiger partial charge < -0.3 is 20.3 Å². The molecule has 2 aromatic carbocycles. The highest BCUT2D eigenvalue weighted by Crippen LogP contribution is 2.28. The lowest BCUT2D eigenvalue weighted by molar-refractivity contribution is -0.141. The highest BCUT2D eigenvalue weighted by Gasteiger charge is 2.30. The summed E-state index contributed by atoms with van der Waals surface area (Å²) in [5.41, 5.74) is 1.10. The normalized spacial score (nSPS) is 14.9. The van der Waals surface area contributed by atoms with Crippen LogP contribution in [0.1, 0.15) is 28.8 Å². The maximum atomic E-state index is 13.2. The van der Waals surface area contributed by atoms with Crippen molar-refractivity contribution in [1.82, 2.24) is 20.0 Å². The minimum Gasteiger partial charge on any atom is -0.495 e. The third kappa shape index (κ3) is 7.25. The Bertz CT molecular complexity index is 1570. The number of piperidine rings is 1. The van der Waals surface area contributed by atoms with E-state index in [9.17, 15) is 26.4 Å². The summed E-state index contributed by atoms with van der Waals surface area (Å²) in [7, 11) is 0.0112. The summed E-state index contributed by atoms with van der Waals surface area (Å²) in [6.45, 7) is 0.433. The molecule has 2 N–H and O–H groups in total. The Morgan fingerprint density at radius 2 is 1.93 bits per heavy atom. The first-order valence-corrected chi connectivity index (χ1v) is 14.4. The molecule has 3 aromatic rings. The molecule has 1 fully saturated rings. The van der Waals surface area contributed by atoms with Crippen molar-refractivity contribution in [2.45, 2.75) is 36.5 Å². The average molecular weight is 578 g/mol. The van der Waals surface area contributed by atoms with Crippen LogP contribution in [0.2, 0.25) is 0 Å². The molecule has 40 heavy (non-hydrogen) atoms. The van der Waals surface area contributed by atoms with Gasteiger partial charge in [-0.15, -0.1) is 0 Å². The third-order valence-corrected chi connectivity index (χ3v) is 7.70. The van der Waals surface area contributed by atoms with Crippen molar-refractivity contribution in [3.05, 3.63) is 47.7 Å². The lowest BCUT2D eigenvalue weighted by Gasteiger charge is -2.29. The molecule has 1 saturated heterocycles. The number of carbonyl (C=O) groups is 1. The van der Waals surface area contributed by atoms with Crippen molar-refractivity contribution in [3.63, 3.8) is 0 Å². The van der Waals surface area contributed by atoms with Crippen LogP contribution in [0.15, 0.2) is 41.4 Å². The van der Waals surface area contributed by atoms with Gasteiger partial charge in [0.15, 0.2) is 9.84 Å². The molecule has 9 nitrogen and oxygen atoms in total. The highest BCUT2D eigenvalue weighted by atomic mass is 32.2. The predicted octanol–water partition coefficient (Wildman–Crippen LogP) is 3.30. The zero-order valence-electron chi connectivity index (χ0n) is 22.3. The molecule has 1 aromatic heterocycles. The minimum atomic E-state index is -4.50. The molecule has 13 heteroatoms. The van der Waals surface area contributed by atoms with Gasteiger partial charge in [-0.3, -0.25) is 9.48 Å². The van der Waals surface area contributed by atoms with Gasteiger partial charge in [0.2, 0.25) is 0 Å². The summed E-state index contributed by atoms with van der Waals surface area (Å²) in [4.78, 5) is 15.5. The number of amides is 1. The lowest BCUT2D eigenvalue weighted by atomic mass is 10.0. The van der Waals surface area contributed by atoms with Crippen LogP contribution in [-0.4, -0.2) is 81.3 Å². The van der Waals surface area contributed by atoms with Crippen molar-refractivity contribution in [1.29, 1.82) is 0 Å². The van der Waals surface area contributed by atoms with Gasteiger partial charge >= 0.3 is 6.18 Å². The molecule has 1 amide bonds. The molecule has 0 saturated carbocycles. The Morgan fingerprint density at radius 3 is 2.58 bits per heavy atom. The van der Waals surface area contributed by atoms with Crippen LogP contribution in [0, 0.1) is 11.8 Å². The lowest BCUT2D eigenvalue weighted by Crippen LogP contribution is -2.43. The topological polar surface area (TPSA) is 106 Å². The second-order valence-electron chi connectivity index (χ2n) is 9.71. The highest BCUT2D eigenvalue weighted by molar-refractivity contribution is 7.90. The molecule has 0 radical (unpaired) electrons. The number of likely N-dealkylation sites (tertiary alicyclic amines) is 1. The van der Waals surface area contributed by atoms with Gasteiger partial charge in [-0.2, -0.15) is 18.3 Å². The molecule has 0 spiro atoms. The maximum absolute atomic E-state index is 13.2. The summed E-state index contributed by atoms with van der Waals surface area (Å²) in [5.74, 6) is 5.80. The van der Waals surface area contributed by atoms with Crippen molar-refractivity contribution in [2.24, 2.45) is 0 Å². The molecule has 0 atom stereocenters.